The van der Waals surface area contributed by atoms with Crippen LogP contribution in [0.2, 0.25) is 0 Å². The molecular weight excluding hydrogens is 292 g/mol. The Bertz CT molecular complexity index is 694. The van der Waals surface area contributed by atoms with E-state index in [2.05, 4.69) is 0 Å². The van der Waals surface area contributed by atoms with Gasteiger partial charge in [-0.05, 0) is 25.4 Å². The van der Waals surface area contributed by atoms with Crippen LogP contribution in [0.4, 0.5) is 5.69 Å². The van der Waals surface area contributed by atoms with E-state index in [4.69, 9.17) is 5.11 Å². The van der Waals surface area contributed by atoms with Crippen LogP contribution in [0.1, 0.15) is 13.3 Å². The number of likely N-dealkylation sites (N-methyl/N-ethyl adjacent to an activating group) is 2. The summed E-state index contributed by atoms with van der Waals surface area (Å²) in [6.07, 6.45) is 0.0319. The van der Waals surface area contributed by atoms with Crippen LogP contribution < -0.4 is 4.90 Å². The SMILES string of the molecule is CCN(C(=O)CN(C)CCC(=O)O)c1cccc2ccccc12. The molecule has 122 valence electrons. The minimum Gasteiger partial charge on any atom is -0.481 e. The van der Waals surface area contributed by atoms with E-state index in [1.54, 1.807) is 16.8 Å². The van der Waals surface area contributed by atoms with Gasteiger partial charge in [0.05, 0.1) is 18.7 Å². The maximum absolute atomic E-state index is 12.6. The van der Waals surface area contributed by atoms with Crippen LogP contribution >= 0.6 is 0 Å². The second-order valence-electron chi connectivity index (χ2n) is 5.52. The van der Waals surface area contributed by atoms with E-state index < -0.39 is 5.97 Å². The summed E-state index contributed by atoms with van der Waals surface area (Å²) in [6, 6.07) is 13.9. The number of fused-ring (bicyclic) bond motifs is 1. The van der Waals surface area contributed by atoms with Gasteiger partial charge in [-0.3, -0.25) is 14.5 Å². The number of hydrogen-bond acceptors (Lipinski definition) is 3. The molecule has 0 bridgehead atoms. The monoisotopic (exact) mass is 314 g/mol. The predicted octanol–water partition coefficient (Wildman–Crippen LogP) is 2.60. The van der Waals surface area contributed by atoms with Crippen LogP contribution in [-0.2, 0) is 9.59 Å². The summed E-state index contributed by atoms with van der Waals surface area (Å²) in [5.74, 6) is -0.887. The van der Waals surface area contributed by atoms with Crippen LogP contribution in [0.15, 0.2) is 42.5 Å². The van der Waals surface area contributed by atoms with E-state index in [1.807, 2.05) is 49.4 Å². The third-order valence-corrected chi connectivity index (χ3v) is 3.79. The summed E-state index contributed by atoms with van der Waals surface area (Å²) in [5, 5.41) is 10.9. The summed E-state index contributed by atoms with van der Waals surface area (Å²) in [4.78, 5) is 26.7. The Kier molecular flexibility index (Phi) is 5.71. The molecule has 0 fully saturated rings. The van der Waals surface area contributed by atoms with Crippen molar-refractivity contribution in [3.05, 3.63) is 42.5 Å². The molecule has 0 saturated carbocycles. The van der Waals surface area contributed by atoms with Crippen molar-refractivity contribution in [2.75, 3.05) is 31.6 Å². The van der Waals surface area contributed by atoms with Crippen molar-refractivity contribution in [3.63, 3.8) is 0 Å². The molecule has 23 heavy (non-hydrogen) atoms. The number of amides is 1. The van der Waals surface area contributed by atoms with Gasteiger partial charge in [0.25, 0.3) is 0 Å². The summed E-state index contributed by atoms with van der Waals surface area (Å²) < 4.78 is 0. The molecule has 2 rings (SSSR count). The molecule has 0 aliphatic heterocycles. The number of carboxylic acids is 1. The van der Waals surface area contributed by atoms with E-state index in [0.717, 1.165) is 16.5 Å². The van der Waals surface area contributed by atoms with E-state index >= 15 is 0 Å². The van der Waals surface area contributed by atoms with Crippen LogP contribution in [-0.4, -0.2) is 48.6 Å². The third kappa shape index (κ3) is 4.29. The number of hydrogen-bond donors (Lipinski definition) is 1. The molecule has 2 aromatic rings. The molecule has 1 amide bonds. The van der Waals surface area contributed by atoms with Crippen LogP contribution in [0.3, 0.4) is 0 Å². The van der Waals surface area contributed by atoms with Crippen molar-refractivity contribution in [2.45, 2.75) is 13.3 Å². The molecular formula is C18H22N2O3. The van der Waals surface area contributed by atoms with Crippen molar-refractivity contribution in [1.29, 1.82) is 0 Å². The lowest BCUT2D eigenvalue weighted by Gasteiger charge is -2.25. The number of carboxylic acid groups (broad SMARTS) is 1. The van der Waals surface area contributed by atoms with Gasteiger partial charge in [0.15, 0.2) is 0 Å². The van der Waals surface area contributed by atoms with Gasteiger partial charge in [0, 0.05) is 18.5 Å². The van der Waals surface area contributed by atoms with E-state index in [0.29, 0.717) is 13.1 Å². The van der Waals surface area contributed by atoms with Crippen LogP contribution in [0.25, 0.3) is 10.8 Å². The first-order valence-corrected chi connectivity index (χ1v) is 7.71. The van der Waals surface area contributed by atoms with Gasteiger partial charge < -0.3 is 10.0 Å². The Hall–Kier alpha value is -2.40. The quantitative estimate of drug-likeness (QED) is 0.853. The first-order chi connectivity index (χ1) is 11.0. The second-order valence-corrected chi connectivity index (χ2v) is 5.52. The van der Waals surface area contributed by atoms with Crippen LogP contribution in [0, 0.1) is 0 Å². The molecule has 0 spiro atoms. The van der Waals surface area contributed by atoms with Crippen LogP contribution in [0.5, 0.6) is 0 Å². The molecule has 0 saturated heterocycles. The Morgan fingerprint density at radius 2 is 1.78 bits per heavy atom. The maximum atomic E-state index is 12.6. The number of carbonyl (C=O) groups excluding carboxylic acids is 1. The van der Waals surface area contributed by atoms with E-state index in [1.165, 1.54) is 0 Å². The molecule has 0 atom stereocenters. The zero-order chi connectivity index (χ0) is 16.8. The Labute approximate surface area is 136 Å². The van der Waals surface area contributed by atoms with E-state index in [-0.39, 0.29) is 18.9 Å². The van der Waals surface area contributed by atoms with Crippen molar-refractivity contribution >= 4 is 28.3 Å². The summed E-state index contributed by atoms with van der Waals surface area (Å²) in [6.45, 7) is 3.06. The number of aliphatic carboxylic acids is 1. The minimum absolute atomic E-state index is 0.0308. The third-order valence-electron chi connectivity index (χ3n) is 3.79. The van der Waals surface area contributed by atoms with Crippen molar-refractivity contribution in [1.82, 2.24) is 4.90 Å². The lowest BCUT2D eigenvalue weighted by atomic mass is 10.1. The van der Waals surface area contributed by atoms with Crippen molar-refractivity contribution in [3.8, 4) is 0 Å². The molecule has 0 aromatic heterocycles. The molecule has 0 aliphatic carbocycles. The smallest absolute Gasteiger partial charge is 0.304 e. The average Bonchev–Trinajstić information content (AvgIpc) is 2.54. The molecule has 2 aromatic carbocycles. The van der Waals surface area contributed by atoms with Gasteiger partial charge in [-0.2, -0.15) is 0 Å². The highest BCUT2D eigenvalue weighted by atomic mass is 16.4. The molecule has 1 N–H and O–H groups in total. The van der Waals surface area contributed by atoms with Gasteiger partial charge in [-0.15, -0.1) is 0 Å². The molecule has 0 unspecified atom stereocenters. The summed E-state index contributed by atoms with van der Waals surface area (Å²) in [5.41, 5.74) is 0.891. The van der Waals surface area contributed by atoms with Gasteiger partial charge >= 0.3 is 5.97 Å². The Morgan fingerprint density at radius 1 is 1.09 bits per heavy atom. The lowest BCUT2D eigenvalue weighted by Crippen LogP contribution is -2.39. The number of rotatable bonds is 7. The summed E-state index contributed by atoms with van der Waals surface area (Å²) in [7, 11) is 1.76. The van der Waals surface area contributed by atoms with Crippen molar-refractivity contribution in [2.24, 2.45) is 0 Å². The predicted molar refractivity (Wildman–Crippen MR) is 91.7 cm³/mol. The Morgan fingerprint density at radius 3 is 2.48 bits per heavy atom. The number of nitrogens with zero attached hydrogens (tertiary/aromatic N) is 2. The second kappa shape index (κ2) is 7.74. The molecule has 0 radical (unpaired) electrons. The summed E-state index contributed by atoms with van der Waals surface area (Å²) >= 11 is 0. The molecule has 0 heterocycles. The molecule has 0 aliphatic rings. The van der Waals surface area contributed by atoms with Gasteiger partial charge in [0.1, 0.15) is 0 Å². The standard InChI is InChI=1S/C18H22N2O3/c1-3-20(17(21)13-19(2)12-11-18(22)23)16-10-6-8-14-7-4-5-9-15(14)16/h4-10H,3,11-13H2,1-2H3,(H,22,23). The van der Waals surface area contributed by atoms with E-state index in [9.17, 15) is 9.59 Å². The molecule has 5 nitrogen and oxygen atoms in total. The fourth-order valence-corrected chi connectivity index (χ4v) is 2.61. The highest BCUT2D eigenvalue weighted by Crippen LogP contribution is 2.26. The molecule has 5 heteroatoms. The Balaban J connectivity index is 2.18. The van der Waals surface area contributed by atoms with Crippen molar-refractivity contribution < 1.29 is 14.7 Å². The first kappa shape index (κ1) is 17.0. The van der Waals surface area contributed by atoms with Gasteiger partial charge in [-0.1, -0.05) is 36.4 Å². The highest BCUT2D eigenvalue weighted by Gasteiger charge is 2.18. The minimum atomic E-state index is -0.856. The fraction of sp³-hybridized carbons (Fsp3) is 0.333. The van der Waals surface area contributed by atoms with Gasteiger partial charge in [0.2, 0.25) is 5.91 Å². The number of anilines is 1. The topological polar surface area (TPSA) is 60.9 Å². The lowest BCUT2D eigenvalue weighted by molar-refractivity contribution is -0.137. The first-order valence-electron chi connectivity index (χ1n) is 7.71. The zero-order valence-corrected chi connectivity index (χ0v) is 13.5. The van der Waals surface area contributed by atoms with Gasteiger partial charge in [-0.25, -0.2) is 0 Å². The normalized spacial score (nSPS) is 10.9. The number of carbonyl (C=O) groups is 2. The fourth-order valence-electron chi connectivity index (χ4n) is 2.61. The maximum Gasteiger partial charge on any atom is 0.304 e. The largest absolute Gasteiger partial charge is 0.481 e. The average molecular weight is 314 g/mol. The zero-order valence-electron chi connectivity index (χ0n) is 13.5. The highest BCUT2D eigenvalue weighted by molar-refractivity contribution is 6.04. The number of benzene rings is 2.